The molecule has 1 atom stereocenters. The van der Waals surface area contributed by atoms with Crippen LogP contribution in [0.15, 0.2) is 30.3 Å². The third-order valence-corrected chi connectivity index (χ3v) is 5.59. The number of fused-ring (bicyclic) bond motifs is 1. The lowest BCUT2D eigenvalue weighted by Gasteiger charge is -2.26. The minimum absolute atomic E-state index is 0.0327. The molecule has 0 saturated heterocycles. The summed E-state index contributed by atoms with van der Waals surface area (Å²) in [6, 6.07) is 10.3. The molecule has 1 amide bonds. The third kappa shape index (κ3) is 3.75. The number of ketones is 1. The maximum absolute atomic E-state index is 12.3. The Morgan fingerprint density at radius 3 is 2.75 bits per heavy atom. The number of hydrogen-bond acceptors (Lipinski definition) is 3. The van der Waals surface area contributed by atoms with Crippen LogP contribution in [-0.4, -0.2) is 11.7 Å². The number of rotatable bonds is 5. The van der Waals surface area contributed by atoms with Gasteiger partial charge in [0.25, 0.3) is 0 Å². The number of nitrogens with one attached hydrogen (secondary N) is 1. The summed E-state index contributed by atoms with van der Waals surface area (Å²) in [7, 11) is 0. The fourth-order valence-electron chi connectivity index (χ4n) is 3.44. The monoisotopic (exact) mass is 341 g/mol. The molecule has 0 fully saturated rings. The molecule has 1 heterocycles. The largest absolute Gasteiger partial charge is 0.349 e. The van der Waals surface area contributed by atoms with Crippen LogP contribution < -0.4 is 5.32 Å². The van der Waals surface area contributed by atoms with Crippen LogP contribution in [0, 0.1) is 13.8 Å². The summed E-state index contributed by atoms with van der Waals surface area (Å²) in [6.07, 6.45) is 3.68. The summed E-state index contributed by atoms with van der Waals surface area (Å²) in [5.74, 6) is 0.0331. The van der Waals surface area contributed by atoms with Gasteiger partial charge in [-0.15, -0.1) is 11.3 Å². The predicted molar refractivity (Wildman–Crippen MR) is 97.6 cm³/mol. The maximum atomic E-state index is 12.3. The number of amides is 1. The summed E-state index contributed by atoms with van der Waals surface area (Å²) >= 11 is 1.63. The molecule has 0 bridgehead atoms. The Kier molecular flexibility index (Phi) is 5.14. The van der Waals surface area contributed by atoms with Gasteiger partial charge in [0, 0.05) is 28.2 Å². The predicted octanol–water partition coefficient (Wildman–Crippen LogP) is 4.52. The van der Waals surface area contributed by atoms with Crippen molar-refractivity contribution >= 4 is 23.0 Å². The molecule has 0 spiro atoms. The zero-order valence-electron chi connectivity index (χ0n) is 14.2. The molecule has 4 heteroatoms. The van der Waals surface area contributed by atoms with Gasteiger partial charge in [0.05, 0.1) is 6.04 Å². The summed E-state index contributed by atoms with van der Waals surface area (Å²) in [5, 5.41) is 3.11. The summed E-state index contributed by atoms with van der Waals surface area (Å²) < 4.78 is 0. The molecule has 1 aliphatic carbocycles. The van der Waals surface area contributed by atoms with E-state index < -0.39 is 0 Å². The van der Waals surface area contributed by atoms with Gasteiger partial charge >= 0.3 is 0 Å². The molecule has 1 N–H and O–H groups in total. The van der Waals surface area contributed by atoms with Crippen LogP contribution in [0.25, 0.3) is 0 Å². The van der Waals surface area contributed by atoms with Crippen molar-refractivity contribution in [3.8, 4) is 0 Å². The highest BCUT2D eigenvalue weighted by Crippen LogP contribution is 2.29. The average Bonchev–Trinajstić information content (AvgIpc) is 2.91. The molecule has 3 nitrogen and oxygen atoms in total. The number of hydrogen-bond donors (Lipinski definition) is 1. The third-order valence-electron chi connectivity index (χ3n) is 4.63. The van der Waals surface area contributed by atoms with E-state index in [0.29, 0.717) is 0 Å². The first kappa shape index (κ1) is 16.9. The topological polar surface area (TPSA) is 46.2 Å². The first-order valence-electron chi connectivity index (χ1n) is 8.52. The highest BCUT2D eigenvalue weighted by Gasteiger charge is 2.22. The van der Waals surface area contributed by atoms with Gasteiger partial charge in [-0.1, -0.05) is 24.3 Å². The maximum Gasteiger partial charge on any atom is 0.220 e. The molecule has 0 aliphatic heterocycles. The minimum atomic E-state index is -0.0327. The van der Waals surface area contributed by atoms with Gasteiger partial charge in [0.15, 0.2) is 5.78 Å². The number of carbonyl (C=O) groups excluding carboxylic acids is 2. The van der Waals surface area contributed by atoms with E-state index in [4.69, 9.17) is 0 Å². The lowest BCUT2D eigenvalue weighted by Crippen LogP contribution is -2.31. The average molecular weight is 341 g/mol. The van der Waals surface area contributed by atoms with Gasteiger partial charge in [-0.3, -0.25) is 9.59 Å². The van der Waals surface area contributed by atoms with Crippen molar-refractivity contribution in [3.05, 3.63) is 56.8 Å². The second kappa shape index (κ2) is 7.31. The first-order valence-corrected chi connectivity index (χ1v) is 9.33. The van der Waals surface area contributed by atoms with Gasteiger partial charge in [-0.2, -0.15) is 0 Å². The van der Waals surface area contributed by atoms with Crippen molar-refractivity contribution in [1.29, 1.82) is 0 Å². The van der Waals surface area contributed by atoms with E-state index >= 15 is 0 Å². The van der Waals surface area contributed by atoms with Gasteiger partial charge in [-0.05, 0) is 50.3 Å². The van der Waals surface area contributed by atoms with Gasteiger partial charge in [-0.25, -0.2) is 0 Å². The van der Waals surface area contributed by atoms with E-state index in [0.717, 1.165) is 34.6 Å². The van der Waals surface area contributed by atoms with Crippen LogP contribution in [0.5, 0.6) is 0 Å². The molecular formula is C20H23NO2S. The normalized spacial score (nSPS) is 16.5. The molecule has 3 rings (SSSR count). The fourth-order valence-corrected chi connectivity index (χ4v) is 4.38. The van der Waals surface area contributed by atoms with E-state index in [1.165, 1.54) is 11.1 Å². The summed E-state index contributed by atoms with van der Waals surface area (Å²) in [6.45, 7) is 3.96. The lowest BCUT2D eigenvalue weighted by atomic mass is 9.87. The van der Waals surface area contributed by atoms with Crippen LogP contribution in [0.2, 0.25) is 0 Å². The van der Waals surface area contributed by atoms with Gasteiger partial charge < -0.3 is 5.32 Å². The Labute approximate surface area is 147 Å². The Bertz CT molecular complexity index is 763. The SMILES string of the molecule is Cc1cc(C(=O)CCC(=O)N[C@H]2CCCc3ccccc32)c(C)s1. The van der Waals surface area contributed by atoms with Crippen molar-refractivity contribution in [2.75, 3.05) is 0 Å². The Hall–Kier alpha value is -1.94. The smallest absolute Gasteiger partial charge is 0.220 e. The van der Waals surface area contributed by atoms with E-state index in [2.05, 4.69) is 17.4 Å². The Balaban J connectivity index is 1.57. The Morgan fingerprint density at radius 2 is 2.00 bits per heavy atom. The van der Waals surface area contributed by atoms with E-state index in [-0.39, 0.29) is 30.6 Å². The summed E-state index contributed by atoms with van der Waals surface area (Å²) in [4.78, 5) is 26.8. The second-order valence-electron chi connectivity index (χ2n) is 6.46. The molecule has 1 aromatic carbocycles. The second-order valence-corrected chi connectivity index (χ2v) is 7.92. The number of Topliss-reactive ketones (excluding diaryl/α,β-unsaturated/α-hetero) is 1. The molecule has 2 aromatic rings. The van der Waals surface area contributed by atoms with Gasteiger partial charge in [0.1, 0.15) is 0 Å². The molecule has 0 saturated carbocycles. The van der Waals surface area contributed by atoms with Crippen LogP contribution in [0.1, 0.15) is 63.0 Å². The zero-order valence-corrected chi connectivity index (χ0v) is 15.0. The Morgan fingerprint density at radius 1 is 1.21 bits per heavy atom. The number of benzene rings is 1. The van der Waals surface area contributed by atoms with Crippen LogP contribution in [-0.2, 0) is 11.2 Å². The molecule has 1 aromatic heterocycles. The molecule has 126 valence electrons. The van der Waals surface area contributed by atoms with Crippen molar-refractivity contribution in [3.63, 3.8) is 0 Å². The van der Waals surface area contributed by atoms with Crippen molar-refractivity contribution < 1.29 is 9.59 Å². The highest BCUT2D eigenvalue weighted by atomic mass is 32.1. The molecule has 1 aliphatic rings. The summed E-state index contributed by atoms with van der Waals surface area (Å²) in [5.41, 5.74) is 3.33. The molecule has 0 radical (unpaired) electrons. The molecule has 24 heavy (non-hydrogen) atoms. The van der Waals surface area contributed by atoms with E-state index in [1.807, 2.05) is 32.0 Å². The van der Waals surface area contributed by atoms with E-state index in [9.17, 15) is 9.59 Å². The number of aryl methyl sites for hydroxylation is 3. The highest BCUT2D eigenvalue weighted by molar-refractivity contribution is 7.12. The molecular weight excluding hydrogens is 318 g/mol. The van der Waals surface area contributed by atoms with Crippen LogP contribution in [0.4, 0.5) is 0 Å². The van der Waals surface area contributed by atoms with Crippen LogP contribution in [0.3, 0.4) is 0 Å². The standard InChI is InChI=1S/C20H23NO2S/c1-13-12-17(14(2)24-13)19(22)10-11-20(23)21-18-9-5-7-15-6-3-4-8-16(15)18/h3-4,6,8,12,18H,5,7,9-11H2,1-2H3,(H,21,23)/t18-/m0/s1. The van der Waals surface area contributed by atoms with Crippen molar-refractivity contribution in [1.82, 2.24) is 5.32 Å². The van der Waals surface area contributed by atoms with Crippen molar-refractivity contribution in [2.24, 2.45) is 0 Å². The number of carbonyl (C=O) groups is 2. The van der Waals surface area contributed by atoms with Gasteiger partial charge in [0.2, 0.25) is 5.91 Å². The zero-order chi connectivity index (χ0) is 17.1. The minimum Gasteiger partial charge on any atom is -0.349 e. The first-order chi connectivity index (χ1) is 11.5. The molecule has 0 unspecified atom stereocenters. The lowest BCUT2D eigenvalue weighted by molar-refractivity contribution is -0.121. The van der Waals surface area contributed by atoms with Crippen LogP contribution >= 0.6 is 11.3 Å². The fraction of sp³-hybridized carbons (Fsp3) is 0.400. The van der Waals surface area contributed by atoms with Crippen molar-refractivity contribution in [2.45, 2.75) is 52.0 Å². The number of thiophene rings is 1. The quantitative estimate of drug-likeness (QED) is 0.813. The van der Waals surface area contributed by atoms with E-state index in [1.54, 1.807) is 11.3 Å².